The van der Waals surface area contributed by atoms with E-state index in [9.17, 15) is 22.0 Å². The Morgan fingerprint density at radius 1 is 0.939 bits per heavy atom. The lowest BCUT2D eigenvalue weighted by atomic mass is 10.0. The highest BCUT2D eigenvalue weighted by Crippen LogP contribution is 2.45. The molecule has 2 heterocycles. The number of methoxy groups -OCH3 is 1. The topological polar surface area (TPSA) is 37.7 Å². The van der Waals surface area contributed by atoms with Gasteiger partial charge in [0.1, 0.15) is 17.5 Å². The van der Waals surface area contributed by atoms with Crippen molar-refractivity contribution in [3.8, 4) is 17.0 Å². The van der Waals surface area contributed by atoms with Crippen LogP contribution in [0.2, 0.25) is 5.02 Å². The average Bonchev–Trinajstić information content (AvgIpc) is 3.25. The summed E-state index contributed by atoms with van der Waals surface area (Å²) >= 11 is 6.21. The fraction of sp³-hybridized carbons (Fsp3) is 0.217. The van der Waals surface area contributed by atoms with E-state index in [0.717, 1.165) is 10.6 Å². The maximum Gasteiger partial charge on any atom is 0.459 e. The van der Waals surface area contributed by atoms with Crippen LogP contribution in [0, 0.1) is 0 Å². The molecule has 1 unspecified atom stereocenters. The molecule has 0 spiro atoms. The van der Waals surface area contributed by atoms with E-state index in [1.165, 1.54) is 19.2 Å². The van der Waals surface area contributed by atoms with Gasteiger partial charge >= 0.3 is 12.1 Å². The summed E-state index contributed by atoms with van der Waals surface area (Å²) in [5, 5.41) is 4.92. The molecule has 1 aromatic heterocycles. The quantitative estimate of drug-likeness (QED) is 0.371. The molecular weight excluding hydrogens is 465 g/mol. The number of alkyl halides is 5. The molecule has 1 aliphatic rings. The van der Waals surface area contributed by atoms with Crippen LogP contribution < -0.4 is 9.75 Å². The van der Waals surface area contributed by atoms with E-state index < -0.39 is 30.3 Å². The number of nitrogens with zero attached hydrogens (tertiary/aromatic N) is 3. The highest BCUT2D eigenvalue weighted by Gasteiger charge is 2.63. The molecule has 4 rings (SSSR count). The maximum atomic E-state index is 14.2. The molecule has 0 bridgehead atoms. The second-order valence-corrected chi connectivity index (χ2v) is 7.72. The van der Waals surface area contributed by atoms with Gasteiger partial charge in [0.05, 0.1) is 29.2 Å². The van der Waals surface area contributed by atoms with Gasteiger partial charge in [0, 0.05) is 12.0 Å². The molecule has 0 saturated carbocycles. The van der Waals surface area contributed by atoms with Crippen molar-refractivity contribution in [2.24, 2.45) is 5.10 Å². The van der Waals surface area contributed by atoms with Gasteiger partial charge in [-0.3, -0.25) is 9.99 Å². The van der Waals surface area contributed by atoms with Gasteiger partial charge in [0.15, 0.2) is 0 Å². The van der Waals surface area contributed by atoms with Gasteiger partial charge in [-0.1, -0.05) is 29.8 Å². The summed E-state index contributed by atoms with van der Waals surface area (Å²) < 4.78 is 72.7. The minimum absolute atomic E-state index is 0.161. The molecule has 1 atom stereocenters. The molecule has 10 heteroatoms. The van der Waals surface area contributed by atoms with Gasteiger partial charge in [0.2, 0.25) is 0 Å². The number of rotatable bonds is 5. The van der Waals surface area contributed by atoms with Crippen molar-refractivity contribution in [1.29, 1.82) is 0 Å². The van der Waals surface area contributed by atoms with Crippen molar-refractivity contribution < 1.29 is 26.7 Å². The third kappa shape index (κ3) is 4.37. The molecule has 0 N–H and O–H groups in total. The van der Waals surface area contributed by atoms with Gasteiger partial charge in [-0.25, -0.2) is 0 Å². The Morgan fingerprint density at radius 2 is 1.64 bits per heavy atom. The fourth-order valence-electron chi connectivity index (χ4n) is 3.51. The Balaban J connectivity index is 1.76. The molecule has 0 aliphatic carbocycles. The number of benzene rings is 2. The Kier molecular flexibility index (Phi) is 6.00. The SMILES string of the molecule is COc1ccc(-c2cccc(C3CC(C(F)(F)C(F)(F)F)=NN3c3ccccc3Cl)n2)cc1. The molecule has 33 heavy (non-hydrogen) atoms. The lowest BCUT2D eigenvalue weighted by molar-refractivity contribution is -0.249. The zero-order valence-corrected chi connectivity index (χ0v) is 17.9. The second kappa shape index (κ2) is 8.62. The van der Waals surface area contributed by atoms with Gasteiger partial charge in [-0.15, -0.1) is 0 Å². The van der Waals surface area contributed by atoms with Crippen molar-refractivity contribution in [1.82, 2.24) is 4.98 Å². The fourth-order valence-corrected chi connectivity index (χ4v) is 3.74. The van der Waals surface area contributed by atoms with Crippen LogP contribution in [0.15, 0.2) is 71.8 Å². The molecule has 0 amide bonds. The minimum Gasteiger partial charge on any atom is -0.497 e. The van der Waals surface area contributed by atoms with E-state index in [0.29, 0.717) is 11.4 Å². The summed E-state index contributed by atoms with van der Waals surface area (Å²) in [7, 11) is 1.53. The summed E-state index contributed by atoms with van der Waals surface area (Å²) in [5.74, 6) is -4.45. The number of hydrogen-bond donors (Lipinski definition) is 0. The first-order chi connectivity index (χ1) is 15.6. The lowest BCUT2D eigenvalue weighted by Crippen LogP contribution is -2.43. The molecular formula is C23H17ClF5N3O. The third-order valence-corrected chi connectivity index (χ3v) is 5.55. The molecule has 3 aromatic rings. The molecule has 4 nitrogen and oxygen atoms in total. The largest absolute Gasteiger partial charge is 0.497 e. The van der Waals surface area contributed by atoms with Gasteiger partial charge < -0.3 is 4.74 Å². The van der Waals surface area contributed by atoms with E-state index in [2.05, 4.69) is 10.1 Å². The Morgan fingerprint density at radius 3 is 2.27 bits per heavy atom. The van der Waals surface area contributed by atoms with Crippen molar-refractivity contribution in [3.63, 3.8) is 0 Å². The van der Waals surface area contributed by atoms with Crippen molar-refractivity contribution in [2.45, 2.75) is 24.6 Å². The normalized spacial score (nSPS) is 16.6. The van der Waals surface area contributed by atoms with Crippen LogP contribution in [0.3, 0.4) is 0 Å². The summed E-state index contributed by atoms with van der Waals surface area (Å²) in [4.78, 5) is 4.54. The van der Waals surface area contributed by atoms with Crippen LogP contribution in [0.25, 0.3) is 11.3 Å². The third-order valence-electron chi connectivity index (χ3n) is 5.23. The van der Waals surface area contributed by atoms with E-state index in [1.54, 1.807) is 54.6 Å². The number of hydrazone groups is 1. The first-order valence-corrected chi connectivity index (χ1v) is 10.2. The van der Waals surface area contributed by atoms with Gasteiger partial charge in [-0.2, -0.15) is 27.1 Å². The van der Waals surface area contributed by atoms with E-state index >= 15 is 0 Å². The van der Waals surface area contributed by atoms with Crippen LogP contribution in [-0.4, -0.2) is 29.9 Å². The standard InChI is InChI=1S/C23H17ClF5N3O/c1-33-15-11-9-14(10-12-15)17-6-4-7-18(30-17)20-13-21(22(25,26)23(27,28)29)31-32(20)19-8-3-2-5-16(19)24/h2-12,20H,13H2,1H3. The van der Waals surface area contributed by atoms with E-state index in [1.807, 2.05) is 0 Å². The van der Waals surface area contributed by atoms with Crippen LogP contribution in [0.1, 0.15) is 18.2 Å². The van der Waals surface area contributed by atoms with Crippen molar-refractivity contribution in [3.05, 3.63) is 77.4 Å². The molecule has 0 fully saturated rings. The smallest absolute Gasteiger partial charge is 0.459 e. The van der Waals surface area contributed by atoms with Crippen molar-refractivity contribution in [2.75, 3.05) is 12.1 Å². The summed E-state index contributed by atoms with van der Waals surface area (Å²) in [6, 6.07) is 17.2. The molecule has 0 radical (unpaired) electrons. The number of aromatic nitrogens is 1. The van der Waals surface area contributed by atoms with Crippen LogP contribution in [0.5, 0.6) is 5.75 Å². The number of halogens is 6. The highest BCUT2D eigenvalue weighted by molar-refractivity contribution is 6.33. The van der Waals surface area contributed by atoms with E-state index in [4.69, 9.17) is 16.3 Å². The number of ether oxygens (including phenoxy) is 1. The average molecular weight is 482 g/mol. The molecule has 0 saturated heterocycles. The number of anilines is 1. The molecule has 1 aliphatic heterocycles. The lowest BCUT2D eigenvalue weighted by Gasteiger charge is -2.24. The molecule has 2 aromatic carbocycles. The number of para-hydroxylation sites is 1. The first kappa shape index (κ1) is 23.0. The van der Waals surface area contributed by atoms with Crippen LogP contribution >= 0.6 is 11.6 Å². The monoisotopic (exact) mass is 481 g/mol. The minimum atomic E-state index is -5.77. The second-order valence-electron chi connectivity index (χ2n) is 7.31. The van der Waals surface area contributed by atoms with Crippen molar-refractivity contribution >= 4 is 23.0 Å². The number of pyridine rings is 1. The Hall–Kier alpha value is -3.20. The predicted molar refractivity (Wildman–Crippen MR) is 116 cm³/mol. The number of hydrogen-bond acceptors (Lipinski definition) is 4. The zero-order chi connectivity index (χ0) is 23.8. The Bertz CT molecular complexity index is 1180. The van der Waals surface area contributed by atoms with Crippen LogP contribution in [0.4, 0.5) is 27.6 Å². The molecule has 172 valence electrons. The predicted octanol–water partition coefficient (Wildman–Crippen LogP) is 6.92. The summed E-state index contributed by atoms with van der Waals surface area (Å²) in [6.07, 6.45) is -6.44. The maximum absolute atomic E-state index is 14.2. The summed E-state index contributed by atoms with van der Waals surface area (Å²) in [6.45, 7) is 0. The Labute approximate surface area is 191 Å². The van der Waals surface area contributed by atoms with E-state index in [-0.39, 0.29) is 16.4 Å². The van der Waals surface area contributed by atoms with Gasteiger partial charge in [-0.05, 0) is 48.5 Å². The highest BCUT2D eigenvalue weighted by atomic mass is 35.5. The summed E-state index contributed by atoms with van der Waals surface area (Å²) in [5.41, 5.74) is 0.428. The first-order valence-electron chi connectivity index (χ1n) is 9.79. The van der Waals surface area contributed by atoms with Gasteiger partial charge in [0.25, 0.3) is 0 Å². The zero-order valence-electron chi connectivity index (χ0n) is 17.2. The van der Waals surface area contributed by atoms with Crippen LogP contribution in [-0.2, 0) is 0 Å².